The molecule has 0 aliphatic heterocycles. The first-order chi connectivity index (χ1) is 16.2. The highest BCUT2D eigenvalue weighted by molar-refractivity contribution is 5.70. The average molecular weight is 533 g/mol. The van der Waals surface area contributed by atoms with Crippen LogP contribution < -0.4 is 45.9 Å². The van der Waals surface area contributed by atoms with Gasteiger partial charge in [-0.3, -0.25) is 19.2 Å². The summed E-state index contributed by atoms with van der Waals surface area (Å²) >= 11 is 0. The Bertz CT molecular complexity index is 546. The van der Waals surface area contributed by atoms with Crippen LogP contribution in [0.15, 0.2) is 0 Å². The first-order valence-electron chi connectivity index (χ1n) is 9.25. The zero-order valence-electron chi connectivity index (χ0n) is 19.3. The van der Waals surface area contributed by atoms with Gasteiger partial charge in [-0.25, -0.2) is 19.2 Å². The van der Waals surface area contributed by atoms with Crippen molar-refractivity contribution in [2.75, 3.05) is 0 Å². The molecule has 36 heavy (non-hydrogen) atoms. The normalized spacial score (nSPS) is 7.78. The highest BCUT2D eigenvalue weighted by Gasteiger charge is 1.99. The van der Waals surface area contributed by atoms with E-state index in [4.69, 9.17) is 39.6 Å². The quantitative estimate of drug-likeness (QED) is 0.130. The number of amides is 8. The third-order valence-corrected chi connectivity index (χ3v) is 2.06. The van der Waals surface area contributed by atoms with Crippen molar-refractivity contribution in [2.24, 2.45) is 45.9 Å². The van der Waals surface area contributed by atoms with Crippen LogP contribution in [0.25, 0.3) is 0 Å². The second kappa shape index (κ2) is 34.6. The predicted octanol–water partition coefficient (Wildman–Crippen LogP) is -2.47. The molecule has 20 N–H and O–H groups in total. The number of carboxylic acids is 4. The lowest BCUT2D eigenvalue weighted by molar-refractivity contribution is -0.139. The molecule has 0 saturated carbocycles. The van der Waals surface area contributed by atoms with Gasteiger partial charge in [0.2, 0.25) is 0 Å². The summed E-state index contributed by atoms with van der Waals surface area (Å²) in [6.07, 6.45) is 2.04. The third-order valence-electron chi connectivity index (χ3n) is 2.06. The van der Waals surface area contributed by atoms with Crippen LogP contribution in [-0.4, -0.2) is 68.4 Å². The monoisotopic (exact) mass is 532 g/mol. The minimum atomic E-state index is -0.870. The molecular formula is C16H36N8O12. The van der Waals surface area contributed by atoms with Gasteiger partial charge < -0.3 is 66.3 Å². The topological polar surface area (TPSA) is 426 Å². The largest absolute Gasteiger partial charge is 0.481 e. The van der Waals surface area contributed by atoms with Crippen molar-refractivity contribution in [2.45, 2.75) is 51.4 Å². The number of carbonyl (C=O) groups excluding carboxylic acids is 4. The van der Waals surface area contributed by atoms with E-state index >= 15 is 0 Å². The molecule has 0 aromatic carbocycles. The van der Waals surface area contributed by atoms with Crippen molar-refractivity contribution in [1.82, 2.24) is 0 Å². The van der Waals surface area contributed by atoms with E-state index < -0.39 is 48.0 Å². The minimum absolute atomic E-state index is 0.0628. The van der Waals surface area contributed by atoms with E-state index in [1.807, 2.05) is 0 Å². The van der Waals surface area contributed by atoms with Crippen molar-refractivity contribution in [3.63, 3.8) is 0 Å². The second-order valence-electron chi connectivity index (χ2n) is 5.60. The standard InChI is InChI=1S/2C6H10O4.4CH4N2O/c2*7-5(8)3-1-2-4-6(9)10;4*2-1(3)4/h2*1-4H2,(H,7,8)(H,9,10);4*(H4,2,3,4). The summed E-state index contributed by atoms with van der Waals surface area (Å²) in [6, 6.07) is -3.33. The van der Waals surface area contributed by atoms with Crippen LogP contribution in [0.1, 0.15) is 51.4 Å². The van der Waals surface area contributed by atoms with Gasteiger partial charge in [-0.2, -0.15) is 0 Å². The first-order valence-corrected chi connectivity index (χ1v) is 9.25. The molecule has 8 amide bonds. The van der Waals surface area contributed by atoms with Crippen molar-refractivity contribution < 1.29 is 58.8 Å². The van der Waals surface area contributed by atoms with Gasteiger partial charge in [-0.05, 0) is 25.7 Å². The Labute approximate surface area is 204 Å². The van der Waals surface area contributed by atoms with Crippen LogP contribution >= 0.6 is 0 Å². The molecule has 0 atom stereocenters. The number of unbranched alkanes of at least 4 members (excludes halogenated alkanes) is 2. The SMILES string of the molecule is NC(N)=O.NC(N)=O.NC(N)=O.NC(N)=O.O=C(O)CCCCC(=O)O.O=C(O)CCCCC(=O)O. The fraction of sp³-hybridized carbons (Fsp3) is 0.500. The summed E-state index contributed by atoms with van der Waals surface area (Å²) in [5.74, 6) is -3.48. The van der Waals surface area contributed by atoms with Crippen molar-refractivity contribution in [1.29, 1.82) is 0 Å². The number of carboxylic acid groups (broad SMARTS) is 4. The third kappa shape index (κ3) is 282. The second-order valence-corrected chi connectivity index (χ2v) is 5.60. The molecule has 0 unspecified atom stereocenters. The molecule has 0 heterocycles. The molecule has 0 fully saturated rings. The Balaban J connectivity index is -0.0000000800. The van der Waals surface area contributed by atoms with Gasteiger partial charge in [0.1, 0.15) is 0 Å². The molecule has 20 nitrogen and oxygen atoms in total. The zero-order valence-corrected chi connectivity index (χ0v) is 19.3. The van der Waals surface area contributed by atoms with E-state index in [0.717, 1.165) is 0 Å². The summed E-state index contributed by atoms with van der Waals surface area (Å²) in [4.78, 5) is 75.6. The van der Waals surface area contributed by atoms with Gasteiger partial charge in [0, 0.05) is 25.7 Å². The maximum Gasteiger partial charge on any atom is 0.309 e. The van der Waals surface area contributed by atoms with E-state index in [9.17, 15) is 19.2 Å². The summed E-state index contributed by atoms with van der Waals surface area (Å²) in [6.45, 7) is 0. The molecule has 0 spiro atoms. The maximum atomic E-state index is 9.90. The van der Waals surface area contributed by atoms with Crippen molar-refractivity contribution >= 4 is 48.0 Å². The summed E-state index contributed by atoms with van der Waals surface area (Å²) in [5.41, 5.74) is 34.0. The zero-order chi connectivity index (χ0) is 30.3. The number of carbonyl (C=O) groups is 8. The van der Waals surface area contributed by atoms with E-state index in [1.54, 1.807) is 0 Å². The smallest absolute Gasteiger partial charge is 0.309 e. The van der Waals surface area contributed by atoms with E-state index in [1.165, 1.54) is 0 Å². The molecule has 0 saturated heterocycles. The molecule has 0 aliphatic rings. The molecule has 0 rings (SSSR count). The number of urea groups is 4. The van der Waals surface area contributed by atoms with Gasteiger partial charge in [-0.15, -0.1) is 0 Å². The van der Waals surface area contributed by atoms with Crippen LogP contribution in [-0.2, 0) is 19.2 Å². The van der Waals surface area contributed by atoms with Crippen molar-refractivity contribution in [3.05, 3.63) is 0 Å². The van der Waals surface area contributed by atoms with Crippen LogP contribution in [0.4, 0.5) is 19.2 Å². The first kappa shape index (κ1) is 44.6. The summed E-state index contributed by atoms with van der Waals surface area (Å²) in [7, 11) is 0. The van der Waals surface area contributed by atoms with Crippen LogP contribution in [0.5, 0.6) is 0 Å². The fourth-order valence-corrected chi connectivity index (χ4v) is 1.10. The average Bonchev–Trinajstić information content (AvgIpc) is 2.60. The van der Waals surface area contributed by atoms with Crippen LogP contribution in [0.2, 0.25) is 0 Å². The van der Waals surface area contributed by atoms with Crippen LogP contribution in [0, 0.1) is 0 Å². The minimum Gasteiger partial charge on any atom is -0.481 e. The molecule has 0 radical (unpaired) electrons. The number of hydrogen-bond acceptors (Lipinski definition) is 8. The van der Waals surface area contributed by atoms with Gasteiger partial charge in [0.25, 0.3) is 0 Å². The summed E-state index contributed by atoms with van der Waals surface area (Å²) in [5, 5.41) is 32.5. The number of hydrogen-bond donors (Lipinski definition) is 12. The van der Waals surface area contributed by atoms with Crippen molar-refractivity contribution in [3.8, 4) is 0 Å². The summed E-state index contributed by atoms with van der Waals surface area (Å²) < 4.78 is 0. The number of aliphatic carboxylic acids is 4. The predicted molar refractivity (Wildman–Crippen MR) is 123 cm³/mol. The molecular weight excluding hydrogens is 496 g/mol. The lowest BCUT2D eigenvalue weighted by atomic mass is 10.2. The molecule has 0 aromatic heterocycles. The molecule has 0 bridgehead atoms. The maximum absolute atomic E-state index is 9.90. The Hall–Kier alpha value is -5.04. The highest BCUT2D eigenvalue weighted by atomic mass is 16.4. The number of rotatable bonds is 10. The van der Waals surface area contributed by atoms with Gasteiger partial charge in [0.15, 0.2) is 0 Å². The lowest BCUT2D eigenvalue weighted by Crippen LogP contribution is -2.18. The molecule has 0 aromatic rings. The van der Waals surface area contributed by atoms with Gasteiger partial charge in [0.05, 0.1) is 0 Å². The van der Waals surface area contributed by atoms with Gasteiger partial charge in [-0.1, -0.05) is 0 Å². The Morgan fingerprint density at radius 1 is 0.333 bits per heavy atom. The number of primary amides is 8. The fourth-order valence-electron chi connectivity index (χ4n) is 1.10. The lowest BCUT2D eigenvalue weighted by Gasteiger charge is -1.92. The van der Waals surface area contributed by atoms with Crippen LogP contribution in [0.3, 0.4) is 0 Å². The van der Waals surface area contributed by atoms with E-state index in [2.05, 4.69) is 45.9 Å². The van der Waals surface area contributed by atoms with E-state index in [0.29, 0.717) is 25.7 Å². The van der Waals surface area contributed by atoms with E-state index in [-0.39, 0.29) is 25.7 Å². The Morgan fingerprint density at radius 3 is 0.472 bits per heavy atom. The highest BCUT2D eigenvalue weighted by Crippen LogP contribution is 1.99. The molecule has 212 valence electrons. The van der Waals surface area contributed by atoms with Gasteiger partial charge >= 0.3 is 48.0 Å². The number of nitrogens with two attached hydrogens (primary N) is 8. The Kier molecular flexibility index (Phi) is 42.8. The molecule has 20 heteroatoms. The Morgan fingerprint density at radius 2 is 0.417 bits per heavy atom. The molecule has 0 aliphatic carbocycles.